The molecule has 6 heteroatoms. The van der Waals surface area contributed by atoms with E-state index in [-0.39, 0.29) is 12.4 Å². The van der Waals surface area contributed by atoms with Crippen LogP contribution in [0.2, 0.25) is 5.02 Å². The van der Waals surface area contributed by atoms with Crippen LogP contribution < -0.4 is 4.90 Å². The SMILES string of the molecule is CC(C)N(CC(O)COC(Cc1ccc(N(C)C)c(Cl)c1)C(=O)c1ccccc1)C(C)C. The molecule has 2 aromatic rings. The molecule has 0 amide bonds. The first-order chi connectivity index (χ1) is 15.1. The largest absolute Gasteiger partial charge is 0.389 e. The number of rotatable bonds is 12. The van der Waals surface area contributed by atoms with E-state index in [0.29, 0.717) is 35.6 Å². The molecule has 32 heavy (non-hydrogen) atoms. The zero-order chi connectivity index (χ0) is 23.8. The maximum Gasteiger partial charge on any atom is 0.191 e. The number of ether oxygens (including phenoxy) is 1. The number of aliphatic hydroxyl groups is 1. The van der Waals surface area contributed by atoms with Crippen LogP contribution in [0.1, 0.15) is 43.6 Å². The average molecular weight is 461 g/mol. The number of nitrogens with zero attached hydrogens (tertiary/aromatic N) is 2. The van der Waals surface area contributed by atoms with Crippen molar-refractivity contribution in [3.63, 3.8) is 0 Å². The number of carbonyl (C=O) groups is 1. The van der Waals surface area contributed by atoms with Crippen molar-refractivity contribution in [3.05, 3.63) is 64.7 Å². The number of hydrogen-bond donors (Lipinski definition) is 1. The molecule has 5 nitrogen and oxygen atoms in total. The first-order valence-electron chi connectivity index (χ1n) is 11.2. The second-order valence-corrected chi connectivity index (χ2v) is 9.38. The summed E-state index contributed by atoms with van der Waals surface area (Å²) in [6.45, 7) is 9.01. The molecule has 2 atom stereocenters. The highest BCUT2D eigenvalue weighted by molar-refractivity contribution is 6.33. The van der Waals surface area contributed by atoms with E-state index in [1.165, 1.54) is 0 Å². The molecule has 176 valence electrons. The first-order valence-corrected chi connectivity index (χ1v) is 11.6. The zero-order valence-electron chi connectivity index (χ0n) is 20.1. The summed E-state index contributed by atoms with van der Waals surface area (Å²) in [6, 6.07) is 15.5. The Bertz CT molecular complexity index is 847. The van der Waals surface area contributed by atoms with Gasteiger partial charge in [-0.05, 0) is 45.4 Å². The molecule has 0 aliphatic rings. The van der Waals surface area contributed by atoms with Gasteiger partial charge in [0.1, 0.15) is 6.10 Å². The predicted molar refractivity (Wildman–Crippen MR) is 133 cm³/mol. The quantitative estimate of drug-likeness (QED) is 0.465. The summed E-state index contributed by atoms with van der Waals surface area (Å²) < 4.78 is 6.02. The third kappa shape index (κ3) is 7.59. The Morgan fingerprint density at radius 2 is 1.66 bits per heavy atom. The van der Waals surface area contributed by atoms with Crippen LogP contribution in [0, 0.1) is 0 Å². The fourth-order valence-corrected chi connectivity index (χ4v) is 4.18. The van der Waals surface area contributed by atoms with Gasteiger partial charge in [-0.3, -0.25) is 9.69 Å². The fraction of sp³-hybridized carbons (Fsp3) is 0.500. The number of halogens is 1. The summed E-state index contributed by atoms with van der Waals surface area (Å²) in [4.78, 5) is 17.4. The van der Waals surface area contributed by atoms with Crippen LogP contribution in [-0.4, -0.2) is 67.3 Å². The molecule has 0 heterocycles. The van der Waals surface area contributed by atoms with Crippen LogP contribution in [0.4, 0.5) is 5.69 Å². The molecule has 0 bridgehead atoms. The van der Waals surface area contributed by atoms with Crippen molar-refractivity contribution >= 4 is 23.1 Å². The molecule has 0 aliphatic carbocycles. The van der Waals surface area contributed by atoms with E-state index in [4.69, 9.17) is 16.3 Å². The van der Waals surface area contributed by atoms with Crippen molar-refractivity contribution in [2.45, 2.75) is 58.4 Å². The minimum absolute atomic E-state index is 0.0860. The van der Waals surface area contributed by atoms with Gasteiger partial charge in [0.25, 0.3) is 0 Å². The number of hydrogen-bond acceptors (Lipinski definition) is 5. The molecule has 2 unspecified atom stereocenters. The molecule has 0 fully saturated rings. The number of carbonyl (C=O) groups excluding carboxylic acids is 1. The molecular formula is C26H37ClN2O3. The third-order valence-electron chi connectivity index (χ3n) is 5.50. The van der Waals surface area contributed by atoms with E-state index in [0.717, 1.165) is 11.3 Å². The van der Waals surface area contributed by atoms with Crippen molar-refractivity contribution in [1.29, 1.82) is 0 Å². The van der Waals surface area contributed by atoms with Gasteiger partial charge < -0.3 is 14.7 Å². The lowest BCUT2D eigenvalue weighted by Crippen LogP contribution is -2.44. The Labute approximate surface area is 197 Å². The van der Waals surface area contributed by atoms with E-state index < -0.39 is 12.2 Å². The van der Waals surface area contributed by atoms with Crippen LogP contribution in [0.25, 0.3) is 0 Å². The summed E-state index contributed by atoms with van der Waals surface area (Å²) in [5.41, 5.74) is 2.42. The summed E-state index contributed by atoms with van der Waals surface area (Å²) in [7, 11) is 3.87. The monoisotopic (exact) mass is 460 g/mol. The van der Waals surface area contributed by atoms with Crippen LogP contribution in [0.3, 0.4) is 0 Å². The van der Waals surface area contributed by atoms with Crippen molar-refractivity contribution in [2.24, 2.45) is 0 Å². The normalized spacial score (nSPS) is 13.6. The van der Waals surface area contributed by atoms with Crippen molar-refractivity contribution in [3.8, 4) is 0 Å². The van der Waals surface area contributed by atoms with Gasteiger partial charge in [-0.25, -0.2) is 0 Å². The highest BCUT2D eigenvalue weighted by Crippen LogP contribution is 2.26. The minimum atomic E-state index is -0.708. The molecule has 0 aromatic heterocycles. The summed E-state index contributed by atoms with van der Waals surface area (Å²) in [5, 5.41) is 11.2. The van der Waals surface area contributed by atoms with Crippen molar-refractivity contribution in [2.75, 3.05) is 32.1 Å². The Morgan fingerprint density at radius 1 is 1.03 bits per heavy atom. The lowest BCUT2D eigenvalue weighted by molar-refractivity contribution is -0.0207. The molecule has 0 aliphatic heterocycles. The first kappa shape index (κ1) is 26.3. The maximum absolute atomic E-state index is 13.2. The molecule has 0 saturated carbocycles. The van der Waals surface area contributed by atoms with Gasteiger partial charge in [-0.15, -0.1) is 0 Å². The van der Waals surface area contributed by atoms with Crippen molar-refractivity contribution in [1.82, 2.24) is 4.90 Å². The second kappa shape index (κ2) is 12.4. The van der Waals surface area contributed by atoms with Gasteiger partial charge in [0.15, 0.2) is 5.78 Å². The highest BCUT2D eigenvalue weighted by Gasteiger charge is 2.24. The van der Waals surface area contributed by atoms with Crippen molar-refractivity contribution < 1.29 is 14.6 Å². The van der Waals surface area contributed by atoms with Gasteiger partial charge >= 0.3 is 0 Å². The van der Waals surface area contributed by atoms with Crippen LogP contribution in [0.15, 0.2) is 48.5 Å². The number of aliphatic hydroxyl groups excluding tert-OH is 1. The fourth-order valence-electron chi connectivity index (χ4n) is 3.81. The number of ketones is 1. The van der Waals surface area contributed by atoms with Gasteiger partial charge in [-0.1, -0.05) is 48.0 Å². The van der Waals surface area contributed by atoms with E-state index in [1.807, 2.05) is 55.4 Å². The predicted octanol–water partition coefficient (Wildman–Crippen LogP) is 4.70. The summed E-state index contributed by atoms with van der Waals surface area (Å²) in [6.07, 6.45) is -1.02. The Morgan fingerprint density at radius 3 is 2.19 bits per heavy atom. The molecular weight excluding hydrogens is 424 g/mol. The number of benzene rings is 2. The summed E-state index contributed by atoms with van der Waals surface area (Å²) >= 11 is 6.44. The number of anilines is 1. The van der Waals surface area contributed by atoms with Gasteiger partial charge in [0.2, 0.25) is 0 Å². The van der Waals surface area contributed by atoms with Crippen LogP contribution >= 0.6 is 11.6 Å². The molecule has 2 rings (SSSR count). The minimum Gasteiger partial charge on any atom is -0.389 e. The third-order valence-corrected chi connectivity index (χ3v) is 5.81. The van der Waals surface area contributed by atoms with Gasteiger partial charge in [0.05, 0.1) is 23.4 Å². The summed E-state index contributed by atoms with van der Waals surface area (Å²) in [5.74, 6) is -0.102. The Kier molecular flexibility index (Phi) is 10.2. The number of Topliss-reactive ketones (excluding diaryl/α,β-unsaturated/α-hetero) is 1. The van der Waals surface area contributed by atoms with E-state index in [1.54, 1.807) is 12.1 Å². The molecule has 0 radical (unpaired) electrons. The lowest BCUT2D eigenvalue weighted by atomic mass is 9.99. The molecule has 1 N–H and O–H groups in total. The Balaban J connectivity index is 2.16. The van der Waals surface area contributed by atoms with E-state index >= 15 is 0 Å². The Hall–Kier alpha value is -1.92. The van der Waals surface area contributed by atoms with E-state index in [9.17, 15) is 9.90 Å². The van der Waals surface area contributed by atoms with Gasteiger partial charge in [0, 0.05) is 44.7 Å². The molecule has 0 spiro atoms. The smallest absolute Gasteiger partial charge is 0.191 e. The highest BCUT2D eigenvalue weighted by atomic mass is 35.5. The maximum atomic E-state index is 13.2. The van der Waals surface area contributed by atoms with Crippen LogP contribution in [-0.2, 0) is 11.2 Å². The lowest BCUT2D eigenvalue weighted by Gasteiger charge is -2.32. The zero-order valence-corrected chi connectivity index (χ0v) is 20.8. The van der Waals surface area contributed by atoms with E-state index in [2.05, 4.69) is 32.6 Å². The average Bonchev–Trinajstić information content (AvgIpc) is 2.74. The molecule has 0 saturated heterocycles. The molecule has 2 aromatic carbocycles. The second-order valence-electron chi connectivity index (χ2n) is 8.97. The standard InChI is InChI=1S/C26H37ClN2O3/c1-18(2)29(19(3)4)16-22(30)17-32-25(26(31)21-10-8-7-9-11-21)15-20-12-13-24(28(5)6)23(27)14-20/h7-14,18-19,22,25,30H,15-17H2,1-6H3. The van der Waals surface area contributed by atoms with Gasteiger partial charge in [-0.2, -0.15) is 0 Å². The topological polar surface area (TPSA) is 53.0 Å². The van der Waals surface area contributed by atoms with Crippen LogP contribution in [0.5, 0.6) is 0 Å².